The molecule has 0 spiro atoms. The van der Waals surface area contributed by atoms with Gasteiger partial charge in [-0.05, 0) is 36.8 Å². The molecule has 0 aliphatic heterocycles. The van der Waals surface area contributed by atoms with Crippen molar-refractivity contribution in [2.45, 2.75) is 37.5 Å². The highest BCUT2D eigenvalue weighted by Crippen LogP contribution is 2.27. The molecule has 33 heavy (non-hydrogen) atoms. The summed E-state index contributed by atoms with van der Waals surface area (Å²) in [4.78, 5) is 12.7. The molecule has 0 bridgehead atoms. The van der Waals surface area contributed by atoms with Crippen LogP contribution >= 0.6 is 0 Å². The number of nitrogens with one attached hydrogen (secondary N) is 1. The molecule has 0 radical (unpaired) electrons. The second kappa shape index (κ2) is 10.2. The maximum absolute atomic E-state index is 12.7. The summed E-state index contributed by atoms with van der Waals surface area (Å²) in [6.45, 7) is 6.37. The Labute approximate surface area is 194 Å². The Balaban J connectivity index is 1.93. The number of hydrogen-bond donors (Lipinski definition) is 1. The molecular weight excluding hydrogens is 442 g/mol. The molecule has 3 aromatic rings. The van der Waals surface area contributed by atoms with Gasteiger partial charge < -0.3 is 9.47 Å². The number of hydrogen-bond acceptors (Lipinski definition) is 6. The molecule has 1 heterocycles. The van der Waals surface area contributed by atoms with Gasteiger partial charge in [0.25, 0.3) is 0 Å². The number of carbonyl (C=O) groups is 1. The average Bonchev–Trinajstić information content (AvgIpc) is 3.19. The molecule has 1 aromatic heterocycles. The molecule has 1 amide bonds. The Hall–Kier alpha value is -3.17. The van der Waals surface area contributed by atoms with Crippen molar-refractivity contribution in [1.29, 1.82) is 0 Å². The van der Waals surface area contributed by atoms with Crippen LogP contribution in [0.15, 0.2) is 65.6 Å². The van der Waals surface area contributed by atoms with Gasteiger partial charge in [0, 0.05) is 25.2 Å². The number of rotatable bonds is 8. The minimum atomic E-state index is -3.49. The van der Waals surface area contributed by atoms with E-state index in [4.69, 9.17) is 9.47 Å². The van der Waals surface area contributed by atoms with E-state index < -0.39 is 15.9 Å². The van der Waals surface area contributed by atoms with E-state index >= 15 is 0 Å². The van der Waals surface area contributed by atoms with Gasteiger partial charge in [0.15, 0.2) is 9.84 Å². The first kappa shape index (κ1) is 24.5. The third-order valence-corrected chi connectivity index (χ3v) is 6.64. The summed E-state index contributed by atoms with van der Waals surface area (Å²) in [6, 6.07) is 17.0. The van der Waals surface area contributed by atoms with E-state index in [-0.39, 0.29) is 16.1 Å². The molecule has 2 aromatic carbocycles. The molecule has 0 atom stereocenters. The zero-order valence-corrected chi connectivity index (χ0v) is 20.1. The fraction of sp³-hybridized carbons (Fsp3) is 0.333. The van der Waals surface area contributed by atoms with Crippen LogP contribution in [0, 0.1) is 0 Å². The maximum atomic E-state index is 12.7. The fourth-order valence-corrected chi connectivity index (χ4v) is 4.40. The quantitative estimate of drug-likeness (QED) is 0.483. The van der Waals surface area contributed by atoms with Crippen molar-refractivity contribution in [3.8, 4) is 11.4 Å². The smallest absolute Gasteiger partial charge is 0.410 e. The Morgan fingerprint density at radius 2 is 1.79 bits per heavy atom. The van der Waals surface area contributed by atoms with Crippen molar-refractivity contribution in [2.75, 3.05) is 24.8 Å². The summed E-state index contributed by atoms with van der Waals surface area (Å²) in [5.74, 6) is 0.751. The van der Waals surface area contributed by atoms with Gasteiger partial charge in [-0.15, -0.1) is 0 Å². The lowest BCUT2D eigenvalue weighted by molar-refractivity contribution is 0.199. The number of nitrogens with zero attached hydrogens (tertiary/aromatic N) is 2. The number of benzene rings is 2. The van der Waals surface area contributed by atoms with Crippen LogP contribution in [0.5, 0.6) is 5.75 Å². The minimum absolute atomic E-state index is 0.0227. The molecule has 0 aliphatic rings. The van der Waals surface area contributed by atoms with E-state index in [9.17, 15) is 13.2 Å². The van der Waals surface area contributed by atoms with Crippen LogP contribution in [0.2, 0.25) is 0 Å². The highest BCUT2D eigenvalue weighted by atomic mass is 32.2. The number of methoxy groups -OCH3 is 1. The Morgan fingerprint density at radius 3 is 2.45 bits per heavy atom. The monoisotopic (exact) mass is 471 g/mol. The number of anilines is 1. The molecule has 0 aliphatic carbocycles. The summed E-state index contributed by atoms with van der Waals surface area (Å²) in [5, 5.41) is 7.37. The first-order valence-electron chi connectivity index (χ1n) is 10.6. The van der Waals surface area contributed by atoms with Crippen LogP contribution in [-0.2, 0) is 20.0 Å². The SMILES string of the molecule is COCCCS(=O)(=O)c1cccc(-n2nc(C(C)(C)C)cc2NC(=O)Oc2ccccc2)c1. The zero-order valence-electron chi connectivity index (χ0n) is 19.2. The molecule has 176 valence electrons. The number of sulfone groups is 1. The van der Waals surface area contributed by atoms with E-state index in [0.717, 1.165) is 5.69 Å². The van der Waals surface area contributed by atoms with Crippen molar-refractivity contribution in [3.05, 3.63) is 66.4 Å². The third-order valence-electron chi connectivity index (χ3n) is 4.84. The molecule has 3 rings (SSSR count). The van der Waals surface area contributed by atoms with Crippen LogP contribution in [0.4, 0.5) is 10.6 Å². The molecule has 0 unspecified atom stereocenters. The van der Waals surface area contributed by atoms with Gasteiger partial charge >= 0.3 is 6.09 Å². The summed E-state index contributed by atoms with van der Waals surface area (Å²) in [5.41, 5.74) is 0.939. The highest BCUT2D eigenvalue weighted by Gasteiger charge is 2.23. The molecule has 0 fully saturated rings. The standard InChI is InChI=1S/C24H29N3O5S/c1-24(2,3)21-17-22(25-23(28)32-19-11-6-5-7-12-19)27(26-21)18-10-8-13-20(16-18)33(29,30)15-9-14-31-4/h5-8,10-13,16-17H,9,14-15H2,1-4H3,(H,25,28). The molecule has 9 heteroatoms. The summed E-state index contributed by atoms with van der Waals surface area (Å²) in [6.07, 6.45) is -0.275. The average molecular weight is 472 g/mol. The van der Waals surface area contributed by atoms with Gasteiger partial charge in [0.05, 0.1) is 22.0 Å². The van der Waals surface area contributed by atoms with Crippen LogP contribution in [-0.4, -0.2) is 43.8 Å². The van der Waals surface area contributed by atoms with Gasteiger partial charge in [-0.25, -0.2) is 17.9 Å². The lowest BCUT2D eigenvalue weighted by Crippen LogP contribution is -2.19. The topological polar surface area (TPSA) is 99.5 Å². The second-order valence-electron chi connectivity index (χ2n) is 8.57. The lowest BCUT2D eigenvalue weighted by Gasteiger charge is -2.14. The van der Waals surface area contributed by atoms with Crippen molar-refractivity contribution in [2.24, 2.45) is 0 Å². The van der Waals surface area contributed by atoms with E-state index in [1.807, 2.05) is 26.8 Å². The van der Waals surface area contributed by atoms with E-state index in [1.54, 1.807) is 54.6 Å². The summed E-state index contributed by atoms with van der Waals surface area (Å²) >= 11 is 0. The molecular formula is C24H29N3O5S. The molecule has 0 saturated heterocycles. The first-order valence-corrected chi connectivity index (χ1v) is 12.2. The van der Waals surface area contributed by atoms with Gasteiger partial charge in [-0.1, -0.05) is 45.0 Å². The highest BCUT2D eigenvalue weighted by molar-refractivity contribution is 7.91. The number of aromatic nitrogens is 2. The molecule has 0 saturated carbocycles. The van der Waals surface area contributed by atoms with Crippen molar-refractivity contribution in [3.63, 3.8) is 0 Å². The number of carbonyl (C=O) groups excluding carboxylic acids is 1. The number of amides is 1. The van der Waals surface area contributed by atoms with Crippen LogP contribution in [0.3, 0.4) is 0 Å². The zero-order chi connectivity index (χ0) is 24.1. The van der Waals surface area contributed by atoms with Gasteiger partial charge in [0.1, 0.15) is 11.6 Å². The fourth-order valence-electron chi connectivity index (χ4n) is 3.08. The lowest BCUT2D eigenvalue weighted by atomic mass is 9.92. The third kappa shape index (κ3) is 6.43. The Bertz CT molecular complexity index is 1200. The van der Waals surface area contributed by atoms with E-state index in [1.165, 1.54) is 11.8 Å². The summed E-state index contributed by atoms with van der Waals surface area (Å²) < 4.78 is 37.3. The minimum Gasteiger partial charge on any atom is -0.410 e. The van der Waals surface area contributed by atoms with Crippen LogP contribution in [0.1, 0.15) is 32.9 Å². The van der Waals surface area contributed by atoms with E-state index in [2.05, 4.69) is 10.4 Å². The van der Waals surface area contributed by atoms with Gasteiger partial charge in [-0.2, -0.15) is 5.10 Å². The Kier molecular flexibility index (Phi) is 7.55. The van der Waals surface area contributed by atoms with E-state index in [0.29, 0.717) is 30.3 Å². The van der Waals surface area contributed by atoms with Crippen molar-refractivity contribution >= 4 is 21.7 Å². The van der Waals surface area contributed by atoms with Crippen molar-refractivity contribution < 1.29 is 22.7 Å². The normalized spacial score (nSPS) is 11.9. The number of para-hydroxylation sites is 1. The first-order chi connectivity index (χ1) is 15.6. The van der Waals surface area contributed by atoms with Gasteiger partial charge in [0.2, 0.25) is 0 Å². The Morgan fingerprint density at radius 1 is 1.06 bits per heavy atom. The predicted octanol–water partition coefficient (Wildman–Crippen LogP) is 4.59. The predicted molar refractivity (Wildman–Crippen MR) is 127 cm³/mol. The van der Waals surface area contributed by atoms with Crippen LogP contribution in [0.25, 0.3) is 5.69 Å². The molecule has 8 nitrogen and oxygen atoms in total. The molecule has 1 N–H and O–H groups in total. The maximum Gasteiger partial charge on any atom is 0.418 e. The van der Waals surface area contributed by atoms with Gasteiger partial charge in [-0.3, -0.25) is 5.32 Å². The van der Waals surface area contributed by atoms with Crippen LogP contribution < -0.4 is 10.1 Å². The summed E-state index contributed by atoms with van der Waals surface area (Å²) in [7, 11) is -1.96. The second-order valence-corrected chi connectivity index (χ2v) is 10.7. The number of ether oxygens (including phenoxy) is 2. The largest absolute Gasteiger partial charge is 0.418 e. The van der Waals surface area contributed by atoms with Crippen molar-refractivity contribution in [1.82, 2.24) is 9.78 Å².